The van der Waals surface area contributed by atoms with E-state index < -0.39 is 6.15 Å². The summed E-state index contributed by atoms with van der Waals surface area (Å²) in [7, 11) is 0. The molecule has 0 aliphatic carbocycles. The summed E-state index contributed by atoms with van der Waals surface area (Å²) in [5, 5.41) is 0. The van der Waals surface area contributed by atoms with E-state index in [1.165, 1.54) is 0 Å². The summed E-state index contributed by atoms with van der Waals surface area (Å²) < 4.78 is 0. The van der Waals surface area contributed by atoms with Crippen LogP contribution in [0.4, 0.5) is 0 Å². The Morgan fingerprint density at radius 3 is 1.20 bits per heavy atom. The Labute approximate surface area is 44.6 Å². The van der Waals surface area contributed by atoms with Gasteiger partial charge in [-0.05, 0) is 0 Å². The van der Waals surface area contributed by atoms with Crippen molar-refractivity contribution in [2.45, 2.75) is 19.6 Å². The molecule has 0 atom stereocenters. The van der Waals surface area contributed by atoms with E-state index in [2.05, 4.69) is 38.1 Å². The van der Waals surface area contributed by atoms with Crippen molar-refractivity contribution in [2.24, 2.45) is 0 Å². The van der Waals surface area contributed by atoms with Crippen molar-refractivity contribution in [3.05, 3.63) is 0 Å². The molecule has 0 aromatic heterocycles. The minimum atomic E-state index is -0.761. The molecule has 5 heavy (non-hydrogen) atoms. The Hall–Kier alpha value is 0.879. The molecule has 0 heterocycles. The fraction of sp³-hybridized carbons (Fsp3) is 1.00. The van der Waals surface area contributed by atoms with E-state index >= 15 is 0 Å². The monoisotopic (exact) mass is 179 g/mol. The molecule has 0 N–H and O–H groups in total. The van der Waals surface area contributed by atoms with Crippen LogP contribution in [0.2, 0.25) is 19.6 Å². The molecule has 0 saturated carbocycles. The Kier molecular flexibility index (Phi) is 1.82. The summed E-state index contributed by atoms with van der Waals surface area (Å²) in [5.41, 5.74) is 0. The normalized spacial score (nSPS) is 12.2. The predicted octanol–water partition coefficient (Wildman–Crippen LogP) is 1.37. The fourth-order valence-electron chi connectivity index (χ4n) is 0. The van der Waals surface area contributed by atoms with Crippen LogP contribution in [0, 0.1) is 0 Å². The van der Waals surface area contributed by atoms with Gasteiger partial charge in [-0.3, -0.25) is 0 Å². The molecule has 0 aliphatic heterocycles. The summed E-state index contributed by atoms with van der Waals surface area (Å²) in [6.07, 6.45) is -0.761. The van der Waals surface area contributed by atoms with E-state index in [0.29, 0.717) is 0 Å². The Morgan fingerprint density at radius 2 is 1.20 bits per heavy atom. The summed E-state index contributed by atoms with van der Waals surface area (Å²) in [6.45, 7) is 6.78. The molecule has 0 unspecified atom stereocenters. The first-order valence-corrected chi connectivity index (χ1v) is 7.31. The third-order valence-electron chi connectivity index (χ3n) is 0. The van der Waals surface area contributed by atoms with Gasteiger partial charge in [0.15, 0.2) is 0 Å². The predicted molar refractivity (Wildman–Crippen MR) is 23.3 cm³/mol. The SMILES string of the molecule is C[Si](C)(C)[Pd+]. The molecule has 2 heteroatoms. The van der Waals surface area contributed by atoms with Gasteiger partial charge in [-0.1, -0.05) is 0 Å². The van der Waals surface area contributed by atoms with Gasteiger partial charge in [0.25, 0.3) is 0 Å². The topological polar surface area (TPSA) is 0 Å². The first-order chi connectivity index (χ1) is 2.00. The van der Waals surface area contributed by atoms with Crippen LogP contribution < -0.4 is 0 Å². The summed E-state index contributed by atoms with van der Waals surface area (Å²) in [5.74, 6) is 0. The standard InChI is InChI=1S/C3H9Si.Pd/c1-4(2)3;/h1-3H3;/q;+1. The molecule has 0 amide bonds. The van der Waals surface area contributed by atoms with Crippen molar-refractivity contribution in [2.75, 3.05) is 0 Å². The zero-order valence-corrected chi connectivity index (χ0v) is 6.37. The fourth-order valence-corrected chi connectivity index (χ4v) is 0. The van der Waals surface area contributed by atoms with Gasteiger partial charge in [-0.25, -0.2) is 0 Å². The Bertz CT molecular complexity index is 22.4. The zero-order valence-electron chi connectivity index (χ0n) is 3.82. The van der Waals surface area contributed by atoms with E-state index in [1.54, 1.807) is 0 Å². The maximum absolute atomic E-state index is 3.28. The minimum absolute atomic E-state index is 0.761. The second-order valence-corrected chi connectivity index (χ2v) is 12.9. The Balaban J connectivity index is 3.02. The van der Waals surface area contributed by atoms with Crippen molar-refractivity contribution < 1.29 is 18.5 Å². The number of hydrogen-bond acceptors (Lipinski definition) is 0. The van der Waals surface area contributed by atoms with Gasteiger partial charge in [-0.2, -0.15) is 0 Å². The summed E-state index contributed by atoms with van der Waals surface area (Å²) in [6, 6.07) is 0. The van der Waals surface area contributed by atoms with Crippen LogP contribution in [0.5, 0.6) is 0 Å². The van der Waals surface area contributed by atoms with Gasteiger partial charge in [0, 0.05) is 0 Å². The molecule has 0 saturated heterocycles. The number of hydrogen-bond donors (Lipinski definition) is 0. The van der Waals surface area contributed by atoms with Crippen molar-refractivity contribution in [1.29, 1.82) is 0 Å². The first kappa shape index (κ1) is 5.88. The average Bonchev–Trinajstić information content (AvgIpc) is 0.722. The summed E-state index contributed by atoms with van der Waals surface area (Å²) in [4.78, 5) is 0. The van der Waals surface area contributed by atoms with E-state index in [9.17, 15) is 0 Å². The van der Waals surface area contributed by atoms with E-state index in [0.717, 1.165) is 0 Å². The van der Waals surface area contributed by atoms with Crippen molar-refractivity contribution in [1.82, 2.24) is 0 Å². The molecule has 0 rings (SSSR count). The van der Waals surface area contributed by atoms with Crippen molar-refractivity contribution in [3.8, 4) is 0 Å². The molecule has 0 aromatic carbocycles. The van der Waals surface area contributed by atoms with E-state index in [4.69, 9.17) is 0 Å². The Morgan fingerprint density at radius 1 is 1.20 bits per heavy atom. The van der Waals surface area contributed by atoms with Crippen LogP contribution >= 0.6 is 0 Å². The van der Waals surface area contributed by atoms with Gasteiger partial charge in [0.2, 0.25) is 0 Å². The molecular weight excluding hydrogens is 171 g/mol. The molecule has 0 nitrogen and oxygen atoms in total. The molecule has 0 fully saturated rings. The molecule has 0 spiro atoms. The molecule has 0 aromatic rings. The molecule has 0 bridgehead atoms. The number of rotatable bonds is 0. The molecule has 0 aliphatic rings. The average molecular weight is 180 g/mol. The van der Waals surface area contributed by atoms with Gasteiger partial charge in [0.05, 0.1) is 0 Å². The van der Waals surface area contributed by atoms with Gasteiger partial charge in [0.1, 0.15) is 0 Å². The molecule has 0 radical (unpaired) electrons. The third-order valence-corrected chi connectivity index (χ3v) is 0. The van der Waals surface area contributed by atoms with E-state index in [-0.39, 0.29) is 0 Å². The quantitative estimate of drug-likeness (QED) is 0.493. The molecule has 34 valence electrons. The third kappa shape index (κ3) is 52.3. The summed E-state index contributed by atoms with van der Waals surface area (Å²) >= 11 is 3.28. The van der Waals surface area contributed by atoms with Gasteiger partial charge in [-0.15, -0.1) is 0 Å². The van der Waals surface area contributed by atoms with Crippen molar-refractivity contribution >= 4 is 6.15 Å². The van der Waals surface area contributed by atoms with Crippen molar-refractivity contribution in [3.63, 3.8) is 0 Å². The van der Waals surface area contributed by atoms with Crippen LogP contribution in [0.3, 0.4) is 0 Å². The van der Waals surface area contributed by atoms with Crippen LogP contribution in [0.1, 0.15) is 0 Å². The van der Waals surface area contributed by atoms with Crippen LogP contribution in [-0.4, -0.2) is 6.15 Å². The van der Waals surface area contributed by atoms with Crippen LogP contribution in [0.25, 0.3) is 0 Å². The second kappa shape index (κ2) is 1.55. The van der Waals surface area contributed by atoms with Crippen LogP contribution in [0.15, 0.2) is 0 Å². The maximum atomic E-state index is 3.28. The van der Waals surface area contributed by atoms with E-state index in [1.807, 2.05) is 0 Å². The second-order valence-electron chi connectivity index (χ2n) is 1.97. The van der Waals surface area contributed by atoms with Gasteiger partial charge < -0.3 is 0 Å². The molecular formula is C3H9PdSi+. The zero-order chi connectivity index (χ0) is 4.50. The van der Waals surface area contributed by atoms with Crippen LogP contribution in [-0.2, 0) is 18.5 Å². The van der Waals surface area contributed by atoms with Gasteiger partial charge >= 0.3 is 44.3 Å². The first-order valence-electron chi connectivity index (χ1n) is 1.66.